The zero-order chi connectivity index (χ0) is 32.7. The lowest BCUT2D eigenvalue weighted by Gasteiger charge is -2.26. The molecule has 0 saturated heterocycles. The number of nitrogens with zero attached hydrogens (tertiary/aromatic N) is 3. The molecule has 4 heteroatoms. The summed E-state index contributed by atoms with van der Waals surface area (Å²) in [4.78, 5) is 12.0. The number of aliphatic imine (C=N–C) groups is 2. The molecule has 7 aromatic carbocycles. The lowest BCUT2D eigenvalue weighted by Crippen LogP contribution is -2.10. The fraction of sp³-hybridized carbons (Fsp3) is 0.0222. The highest BCUT2D eigenvalue weighted by molar-refractivity contribution is 6.06. The normalized spacial score (nSPS) is 15.1. The predicted octanol–water partition coefficient (Wildman–Crippen LogP) is 11.9. The van der Waals surface area contributed by atoms with E-state index in [-0.39, 0.29) is 6.04 Å². The van der Waals surface area contributed by atoms with Gasteiger partial charge < -0.3 is 9.32 Å². The van der Waals surface area contributed by atoms with E-state index in [0.29, 0.717) is 5.84 Å². The van der Waals surface area contributed by atoms with Crippen LogP contribution in [0.25, 0.3) is 44.2 Å². The molecule has 8 bridgehead atoms. The van der Waals surface area contributed by atoms with Crippen molar-refractivity contribution < 1.29 is 4.42 Å². The number of fused-ring (bicyclic) bond motifs is 13. The van der Waals surface area contributed by atoms with Crippen LogP contribution in [0.1, 0.15) is 22.7 Å². The average Bonchev–Trinajstić information content (AvgIpc) is 3.54. The molecule has 0 amide bonds. The summed E-state index contributed by atoms with van der Waals surface area (Å²) in [5.41, 5.74) is 12.3. The van der Waals surface area contributed by atoms with E-state index in [4.69, 9.17) is 9.41 Å². The molecular formula is C45H31N3O. The van der Waals surface area contributed by atoms with Gasteiger partial charge in [0, 0.05) is 39.5 Å². The molecule has 49 heavy (non-hydrogen) atoms. The third-order valence-electron chi connectivity index (χ3n) is 9.34. The maximum absolute atomic E-state index is 6.36. The van der Waals surface area contributed by atoms with Gasteiger partial charge in [0.25, 0.3) is 0 Å². The SMILES string of the molecule is C=N/C1=N\C(c2ccccc2)c2cccc(c2)-c2cccc(c2)N(c2ccc3c(c2)oc2ccccc23)c2cccc(c2)-c2cccc1c2. The highest BCUT2D eigenvalue weighted by Gasteiger charge is 2.20. The minimum absolute atomic E-state index is 0.267. The van der Waals surface area contributed by atoms with Crippen LogP contribution in [0.3, 0.4) is 0 Å². The third-order valence-corrected chi connectivity index (χ3v) is 9.34. The highest BCUT2D eigenvalue weighted by atomic mass is 16.3. The van der Waals surface area contributed by atoms with Crippen LogP contribution in [0, 0.1) is 0 Å². The van der Waals surface area contributed by atoms with Crippen molar-refractivity contribution in [3.05, 3.63) is 187 Å². The van der Waals surface area contributed by atoms with Crippen molar-refractivity contribution in [2.24, 2.45) is 9.98 Å². The number of anilines is 3. The number of furan rings is 1. The monoisotopic (exact) mass is 629 g/mol. The molecule has 1 aromatic heterocycles. The van der Waals surface area contributed by atoms with E-state index in [1.165, 1.54) is 0 Å². The Morgan fingerprint density at radius 1 is 0.469 bits per heavy atom. The summed E-state index contributed by atoms with van der Waals surface area (Å²) < 4.78 is 6.36. The van der Waals surface area contributed by atoms with Gasteiger partial charge in [0.2, 0.25) is 0 Å². The number of para-hydroxylation sites is 1. The van der Waals surface area contributed by atoms with Crippen molar-refractivity contribution >= 4 is 51.6 Å². The van der Waals surface area contributed by atoms with Crippen LogP contribution in [0.2, 0.25) is 0 Å². The molecule has 232 valence electrons. The van der Waals surface area contributed by atoms with Gasteiger partial charge in [-0.2, -0.15) is 0 Å². The number of hydrogen-bond acceptors (Lipinski definition) is 4. The fourth-order valence-corrected chi connectivity index (χ4v) is 6.98. The largest absolute Gasteiger partial charge is 0.456 e. The van der Waals surface area contributed by atoms with E-state index in [1.807, 2.05) is 18.2 Å². The van der Waals surface area contributed by atoms with Crippen LogP contribution in [0.5, 0.6) is 0 Å². The van der Waals surface area contributed by atoms with Crippen LogP contribution in [-0.2, 0) is 0 Å². The van der Waals surface area contributed by atoms with E-state index >= 15 is 0 Å². The van der Waals surface area contributed by atoms with Gasteiger partial charge in [-0.05, 0) is 94.7 Å². The first-order valence-electron chi connectivity index (χ1n) is 16.4. The Balaban J connectivity index is 1.30. The van der Waals surface area contributed by atoms with Gasteiger partial charge in [-0.1, -0.05) is 109 Å². The molecule has 0 saturated carbocycles. The van der Waals surface area contributed by atoms with Crippen molar-refractivity contribution in [2.45, 2.75) is 6.04 Å². The molecule has 1 aliphatic rings. The molecule has 0 fully saturated rings. The van der Waals surface area contributed by atoms with Gasteiger partial charge >= 0.3 is 0 Å². The third kappa shape index (κ3) is 5.20. The van der Waals surface area contributed by atoms with Crippen molar-refractivity contribution in [3.8, 4) is 22.3 Å². The Bertz CT molecular complexity index is 2550. The van der Waals surface area contributed by atoms with Crippen molar-refractivity contribution in [3.63, 3.8) is 0 Å². The van der Waals surface area contributed by atoms with Gasteiger partial charge in [-0.3, -0.25) is 4.99 Å². The Labute approximate surface area is 285 Å². The first-order valence-corrected chi connectivity index (χ1v) is 16.4. The highest BCUT2D eigenvalue weighted by Crippen LogP contribution is 2.41. The standard InChI is InChI=1S/C45H31N3O/c1-46-45-36-18-8-14-32(26-36)34-16-10-20-38(28-34)48(39-23-24-41-40-21-5-6-22-42(40)49-43(41)29-39)37-19-9-15-33(27-37)31-13-7-17-35(25-31)44(47-45)30-11-3-2-4-12-30/h2-29,44H,1H2/b47-45-. The van der Waals surface area contributed by atoms with Gasteiger partial charge in [0.15, 0.2) is 5.84 Å². The predicted molar refractivity (Wildman–Crippen MR) is 204 cm³/mol. The summed E-state index contributed by atoms with van der Waals surface area (Å²) in [6.45, 7) is 3.95. The van der Waals surface area contributed by atoms with Crippen LogP contribution < -0.4 is 4.90 Å². The average molecular weight is 630 g/mol. The molecule has 4 nitrogen and oxygen atoms in total. The van der Waals surface area contributed by atoms with E-state index < -0.39 is 0 Å². The second-order valence-corrected chi connectivity index (χ2v) is 12.3. The van der Waals surface area contributed by atoms with Crippen LogP contribution in [-0.4, -0.2) is 12.6 Å². The fourth-order valence-electron chi connectivity index (χ4n) is 6.98. The Morgan fingerprint density at radius 2 is 1.04 bits per heavy atom. The van der Waals surface area contributed by atoms with Crippen molar-refractivity contribution in [1.29, 1.82) is 0 Å². The smallest absolute Gasteiger partial charge is 0.154 e. The summed E-state index contributed by atoms with van der Waals surface area (Å²) >= 11 is 0. The van der Waals surface area contributed by atoms with Crippen molar-refractivity contribution in [2.75, 3.05) is 4.90 Å². The molecule has 2 heterocycles. The Hall–Kier alpha value is -6.52. The molecule has 9 rings (SSSR count). The summed E-state index contributed by atoms with van der Waals surface area (Å²) in [6.07, 6.45) is 0. The van der Waals surface area contributed by atoms with Crippen LogP contribution >= 0.6 is 0 Å². The minimum atomic E-state index is -0.267. The number of amidine groups is 1. The summed E-state index contributed by atoms with van der Waals surface area (Å²) in [7, 11) is 0. The molecule has 1 atom stereocenters. The first kappa shape index (κ1) is 28.7. The van der Waals surface area contributed by atoms with E-state index in [0.717, 1.165) is 77.9 Å². The zero-order valence-electron chi connectivity index (χ0n) is 26.7. The lowest BCUT2D eigenvalue weighted by atomic mass is 9.94. The van der Waals surface area contributed by atoms with Crippen molar-refractivity contribution in [1.82, 2.24) is 0 Å². The summed E-state index contributed by atoms with van der Waals surface area (Å²) in [5.74, 6) is 0.604. The van der Waals surface area contributed by atoms with Crippen LogP contribution in [0.4, 0.5) is 17.1 Å². The first-order chi connectivity index (χ1) is 24.2. The van der Waals surface area contributed by atoms with E-state index in [2.05, 4.69) is 168 Å². The molecule has 0 N–H and O–H groups in total. The zero-order valence-corrected chi connectivity index (χ0v) is 26.7. The number of rotatable bonds is 2. The number of benzene rings is 7. The van der Waals surface area contributed by atoms with Crippen LogP contribution in [0.15, 0.2) is 184 Å². The second kappa shape index (κ2) is 11.9. The maximum Gasteiger partial charge on any atom is 0.154 e. The lowest BCUT2D eigenvalue weighted by molar-refractivity contribution is 0.669. The Kier molecular flexibility index (Phi) is 6.98. The number of hydrogen-bond donors (Lipinski definition) is 0. The molecule has 1 aliphatic heterocycles. The topological polar surface area (TPSA) is 41.1 Å². The van der Waals surface area contributed by atoms with E-state index in [1.54, 1.807) is 0 Å². The Morgan fingerprint density at radius 3 is 1.80 bits per heavy atom. The molecule has 0 spiro atoms. The summed E-state index contributed by atoms with van der Waals surface area (Å²) in [5, 5.41) is 2.22. The molecular weight excluding hydrogens is 599 g/mol. The van der Waals surface area contributed by atoms with Gasteiger partial charge in [-0.25, -0.2) is 4.99 Å². The second-order valence-electron chi connectivity index (χ2n) is 12.3. The molecule has 8 aromatic rings. The maximum atomic E-state index is 6.36. The van der Waals surface area contributed by atoms with Gasteiger partial charge in [-0.15, -0.1) is 0 Å². The molecule has 0 radical (unpaired) electrons. The summed E-state index contributed by atoms with van der Waals surface area (Å²) in [6, 6.07) is 59.3. The minimum Gasteiger partial charge on any atom is -0.456 e. The van der Waals surface area contributed by atoms with Gasteiger partial charge in [0.05, 0.1) is 0 Å². The molecule has 1 unspecified atom stereocenters. The quantitative estimate of drug-likeness (QED) is 0.179. The van der Waals surface area contributed by atoms with E-state index in [9.17, 15) is 0 Å². The van der Waals surface area contributed by atoms with Gasteiger partial charge in [0.1, 0.15) is 17.2 Å². The molecule has 0 aliphatic carbocycles.